The summed E-state index contributed by atoms with van der Waals surface area (Å²) >= 11 is 5.98. The van der Waals surface area contributed by atoms with Crippen molar-refractivity contribution in [2.75, 3.05) is 0 Å². The van der Waals surface area contributed by atoms with E-state index >= 15 is 0 Å². The van der Waals surface area contributed by atoms with Gasteiger partial charge in [-0.1, -0.05) is 53.9 Å². The summed E-state index contributed by atoms with van der Waals surface area (Å²) in [5.74, 6) is 3.40. The van der Waals surface area contributed by atoms with Gasteiger partial charge in [0.2, 0.25) is 0 Å². The van der Waals surface area contributed by atoms with Gasteiger partial charge < -0.3 is 4.74 Å². The maximum Gasteiger partial charge on any atom is 0.165 e. The fraction of sp³-hybridized carbons (Fsp3) is 0.200. The quantitative estimate of drug-likeness (QED) is 0.387. The fourth-order valence-corrected chi connectivity index (χ4v) is 3.29. The van der Waals surface area contributed by atoms with E-state index in [1.54, 1.807) is 24.3 Å². The average molecular weight is 393 g/mol. The molecule has 3 heteroatoms. The van der Waals surface area contributed by atoms with Crippen molar-refractivity contribution in [3.63, 3.8) is 0 Å². The van der Waals surface area contributed by atoms with Crippen LogP contribution in [0, 0.1) is 18.2 Å². The Kier molecular flexibility index (Phi) is 6.39. The van der Waals surface area contributed by atoms with Crippen LogP contribution in [0.3, 0.4) is 0 Å². The van der Waals surface area contributed by atoms with Crippen molar-refractivity contribution in [3.8, 4) is 23.8 Å². The lowest BCUT2D eigenvalue weighted by Gasteiger charge is -2.24. The van der Waals surface area contributed by atoms with Crippen LogP contribution in [0.15, 0.2) is 72.8 Å². The minimum Gasteiger partial charge on any atom is -0.454 e. The molecule has 1 unspecified atom stereocenters. The Balaban J connectivity index is 1.66. The van der Waals surface area contributed by atoms with Crippen molar-refractivity contribution in [3.05, 3.63) is 94.8 Å². The van der Waals surface area contributed by atoms with Crippen LogP contribution < -0.4 is 4.74 Å². The number of rotatable bonds is 7. The van der Waals surface area contributed by atoms with E-state index < -0.39 is 0 Å². The minimum absolute atomic E-state index is 0.237. The SMILES string of the molecule is C#CC(C)(CCCc1ccc(F)c(Oc2ccccc2)c1)c1ccc(Cl)cc1. The molecule has 3 rings (SSSR count). The molecule has 0 fully saturated rings. The molecule has 0 saturated heterocycles. The van der Waals surface area contributed by atoms with Gasteiger partial charge >= 0.3 is 0 Å². The number of ether oxygens (including phenoxy) is 1. The summed E-state index contributed by atoms with van der Waals surface area (Å²) in [5, 5.41) is 0.695. The maximum absolute atomic E-state index is 14.1. The Morgan fingerprint density at radius 3 is 2.43 bits per heavy atom. The summed E-state index contributed by atoms with van der Waals surface area (Å²) in [5.41, 5.74) is 1.72. The van der Waals surface area contributed by atoms with Crippen LogP contribution in [0.25, 0.3) is 0 Å². The van der Waals surface area contributed by atoms with Gasteiger partial charge in [0.1, 0.15) is 5.75 Å². The number of benzene rings is 3. The van der Waals surface area contributed by atoms with Crippen molar-refractivity contribution in [1.29, 1.82) is 0 Å². The highest BCUT2D eigenvalue weighted by Gasteiger charge is 2.23. The number of terminal acetylenes is 1. The Morgan fingerprint density at radius 2 is 1.75 bits per heavy atom. The standard InChI is InChI=1S/C25H22ClFO/c1-3-25(2,20-12-14-21(26)15-13-20)17-7-8-19-11-16-23(27)24(18-19)28-22-9-5-4-6-10-22/h1,4-6,9-16,18H,7-8,17H2,2H3. The number of halogens is 2. The summed E-state index contributed by atoms with van der Waals surface area (Å²) in [6, 6.07) is 21.9. The Bertz CT molecular complexity index is 960. The van der Waals surface area contributed by atoms with E-state index in [-0.39, 0.29) is 17.0 Å². The summed E-state index contributed by atoms with van der Waals surface area (Å²) in [6.07, 6.45) is 8.31. The third kappa shape index (κ3) is 4.94. The van der Waals surface area contributed by atoms with E-state index in [1.165, 1.54) is 6.07 Å². The second kappa shape index (κ2) is 8.95. The summed E-state index contributed by atoms with van der Waals surface area (Å²) in [4.78, 5) is 0. The minimum atomic E-state index is -0.373. The largest absolute Gasteiger partial charge is 0.454 e. The summed E-state index contributed by atoms with van der Waals surface area (Å²) in [6.45, 7) is 2.06. The van der Waals surface area contributed by atoms with Crippen LogP contribution in [0.1, 0.15) is 30.9 Å². The van der Waals surface area contributed by atoms with Gasteiger partial charge in [-0.25, -0.2) is 4.39 Å². The molecule has 0 spiro atoms. The van der Waals surface area contributed by atoms with Gasteiger partial charge in [0, 0.05) is 5.02 Å². The normalized spacial score (nSPS) is 12.8. The van der Waals surface area contributed by atoms with Crippen LogP contribution in [0.4, 0.5) is 4.39 Å². The number of para-hydroxylation sites is 1. The first-order valence-corrected chi connectivity index (χ1v) is 9.63. The van der Waals surface area contributed by atoms with Crippen molar-refractivity contribution >= 4 is 11.6 Å². The highest BCUT2D eigenvalue weighted by Crippen LogP contribution is 2.31. The molecule has 142 valence electrons. The highest BCUT2D eigenvalue weighted by atomic mass is 35.5. The molecule has 0 aliphatic carbocycles. The van der Waals surface area contributed by atoms with E-state index in [4.69, 9.17) is 22.8 Å². The molecule has 0 amide bonds. The summed E-state index contributed by atoms with van der Waals surface area (Å²) < 4.78 is 19.8. The Labute approximate surface area is 171 Å². The molecule has 0 aliphatic rings. The van der Waals surface area contributed by atoms with Crippen LogP contribution in [-0.2, 0) is 11.8 Å². The molecule has 1 atom stereocenters. The first-order valence-electron chi connectivity index (χ1n) is 9.25. The summed E-state index contributed by atoms with van der Waals surface area (Å²) in [7, 11) is 0. The second-order valence-corrected chi connectivity index (χ2v) is 7.45. The molecule has 0 radical (unpaired) electrons. The van der Waals surface area contributed by atoms with Gasteiger partial charge in [0.15, 0.2) is 11.6 Å². The molecule has 0 saturated carbocycles. The highest BCUT2D eigenvalue weighted by molar-refractivity contribution is 6.30. The molecular weight excluding hydrogens is 371 g/mol. The monoisotopic (exact) mass is 392 g/mol. The molecule has 0 heterocycles. The second-order valence-electron chi connectivity index (χ2n) is 7.02. The van der Waals surface area contributed by atoms with E-state index in [1.807, 2.05) is 42.5 Å². The zero-order valence-corrected chi connectivity index (χ0v) is 16.5. The molecule has 3 aromatic carbocycles. The number of hydrogen-bond donors (Lipinski definition) is 0. The predicted octanol–water partition coefficient (Wildman–Crippen LogP) is 7.19. The van der Waals surface area contributed by atoms with Gasteiger partial charge in [-0.3, -0.25) is 0 Å². The van der Waals surface area contributed by atoms with Gasteiger partial charge in [-0.15, -0.1) is 6.42 Å². The third-order valence-corrected chi connectivity index (χ3v) is 5.16. The van der Waals surface area contributed by atoms with Crippen LogP contribution >= 0.6 is 11.6 Å². The number of aryl methyl sites for hydroxylation is 1. The molecule has 0 bridgehead atoms. The lowest BCUT2D eigenvalue weighted by molar-refractivity contribution is 0.441. The van der Waals surface area contributed by atoms with Crippen molar-refractivity contribution in [1.82, 2.24) is 0 Å². The zero-order chi connectivity index (χ0) is 20.0. The lowest BCUT2D eigenvalue weighted by atomic mass is 9.79. The predicted molar refractivity (Wildman–Crippen MR) is 113 cm³/mol. The van der Waals surface area contributed by atoms with Crippen molar-refractivity contribution in [2.45, 2.75) is 31.6 Å². The molecule has 0 aromatic heterocycles. The van der Waals surface area contributed by atoms with Gasteiger partial charge in [0.05, 0.1) is 5.41 Å². The molecule has 0 N–H and O–H groups in total. The van der Waals surface area contributed by atoms with E-state index in [0.717, 1.165) is 30.4 Å². The first-order chi connectivity index (χ1) is 13.5. The topological polar surface area (TPSA) is 9.23 Å². The smallest absolute Gasteiger partial charge is 0.165 e. The first kappa shape index (κ1) is 20.0. The van der Waals surface area contributed by atoms with Gasteiger partial charge in [-0.05, 0) is 73.7 Å². The van der Waals surface area contributed by atoms with E-state index in [0.29, 0.717) is 10.8 Å². The van der Waals surface area contributed by atoms with Crippen LogP contribution in [0.2, 0.25) is 5.02 Å². The molecule has 3 aromatic rings. The average Bonchev–Trinajstić information content (AvgIpc) is 2.71. The molecule has 28 heavy (non-hydrogen) atoms. The van der Waals surface area contributed by atoms with Gasteiger partial charge in [0.25, 0.3) is 0 Å². The Morgan fingerprint density at radius 1 is 1.04 bits per heavy atom. The molecular formula is C25H22ClFO. The van der Waals surface area contributed by atoms with E-state index in [9.17, 15) is 4.39 Å². The third-order valence-electron chi connectivity index (χ3n) is 4.91. The Hall–Kier alpha value is -2.76. The molecule has 0 aliphatic heterocycles. The fourth-order valence-electron chi connectivity index (χ4n) is 3.16. The zero-order valence-electron chi connectivity index (χ0n) is 15.8. The number of hydrogen-bond acceptors (Lipinski definition) is 1. The van der Waals surface area contributed by atoms with Gasteiger partial charge in [-0.2, -0.15) is 0 Å². The van der Waals surface area contributed by atoms with Crippen LogP contribution in [0.5, 0.6) is 11.5 Å². The van der Waals surface area contributed by atoms with E-state index in [2.05, 4.69) is 12.8 Å². The van der Waals surface area contributed by atoms with Crippen LogP contribution in [-0.4, -0.2) is 0 Å². The lowest BCUT2D eigenvalue weighted by Crippen LogP contribution is -2.19. The van der Waals surface area contributed by atoms with Crippen molar-refractivity contribution < 1.29 is 9.13 Å². The van der Waals surface area contributed by atoms with Crippen molar-refractivity contribution in [2.24, 2.45) is 0 Å². The maximum atomic E-state index is 14.1. The molecule has 1 nitrogen and oxygen atoms in total.